The number of rotatable bonds is 6. The first kappa shape index (κ1) is 25.7. The molecule has 6 nitrogen and oxygen atoms in total. The van der Waals surface area contributed by atoms with E-state index in [-0.39, 0.29) is 52.4 Å². The molecule has 3 N–H and O–H groups in total. The van der Waals surface area contributed by atoms with Gasteiger partial charge >= 0.3 is 0 Å². The highest BCUT2D eigenvalue weighted by Crippen LogP contribution is 2.55. The first-order valence-electron chi connectivity index (χ1n) is 12.6. The van der Waals surface area contributed by atoms with Crippen LogP contribution in [0.15, 0.2) is 24.4 Å². The quantitative estimate of drug-likeness (QED) is 0.600. The largest absolute Gasteiger partial charge is 0.392 e. The molecule has 0 unspecified atom stereocenters. The van der Waals surface area contributed by atoms with Gasteiger partial charge in [-0.3, -0.25) is 14.6 Å². The number of fused-ring (bicyclic) bond motifs is 1. The van der Waals surface area contributed by atoms with E-state index in [4.69, 9.17) is 0 Å². The van der Waals surface area contributed by atoms with Crippen LogP contribution in [0.4, 0.5) is 0 Å². The Labute approximate surface area is 199 Å². The van der Waals surface area contributed by atoms with E-state index in [9.17, 15) is 14.7 Å². The van der Waals surface area contributed by atoms with Gasteiger partial charge in [-0.2, -0.15) is 0 Å². The van der Waals surface area contributed by atoms with Crippen LogP contribution in [0.5, 0.6) is 0 Å². The zero-order valence-corrected chi connectivity index (χ0v) is 21.2. The number of aromatic nitrogens is 1. The molecular formula is C27H43N3O3. The smallest absolute Gasteiger partial charge is 0.223 e. The number of nitrogens with one attached hydrogen (secondary N) is 2. The molecule has 184 valence electrons. The summed E-state index contributed by atoms with van der Waals surface area (Å²) in [6, 6.07) is 5.72. The maximum atomic E-state index is 12.9. The summed E-state index contributed by atoms with van der Waals surface area (Å²) in [5.74, 6) is -0.0845. The Morgan fingerprint density at radius 1 is 1.24 bits per heavy atom. The van der Waals surface area contributed by atoms with Crippen molar-refractivity contribution in [1.82, 2.24) is 15.6 Å². The third kappa shape index (κ3) is 6.14. The van der Waals surface area contributed by atoms with Crippen molar-refractivity contribution < 1.29 is 14.7 Å². The van der Waals surface area contributed by atoms with E-state index in [1.807, 2.05) is 25.1 Å². The molecular weight excluding hydrogens is 414 g/mol. The predicted molar refractivity (Wildman–Crippen MR) is 130 cm³/mol. The molecule has 2 fully saturated rings. The minimum absolute atomic E-state index is 0.0354. The Hall–Kier alpha value is -1.95. The summed E-state index contributed by atoms with van der Waals surface area (Å²) in [6.45, 7) is 13.0. The number of carbonyl (C=O) groups excluding carboxylic acids is 2. The molecule has 1 heterocycles. The molecule has 6 heteroatoms. The van der Waals surface area contributed by atoms with Crippen LogP contribution in [0.25, 0.3) is 0 Å². The number of pyridine rings is 1. The monoisotopic (exact) mass is 457 g/mol. The van der Waals surface area contributed by atoms with Gasteiger partial charge in [-0.25, -0.2) is 0 Å². The van der Waals surface area contributed by atoms with Crippen molar-refractivity contribution in [2.24, 2.45) is 34.5 Å². The lowest BCUT2D eigenvalue weighted by molar-refractivity contribution is -0.144. The van der Waals surface area contributed by atoms with Gasteiger partial charge < -0.3 is 15.7 Å². The Balaban J connectivity index is 1.65. The Morgan fingerprint density at radius 2 is 1.94 bits per heavy atom. The van der Waals surface area contributed by atoms with Gasteiger partial charge in [-0.05, 0) is 66.4 Å². The van der Waals surface area contributed by atoms with Gasteiger partial charge in [-0.1, -0.05) is 47.6 Å². The summed E-state index contributed by atoms with van der Waals surface area (Å²) in [5.41, 5.74) is 0.818. The second-order valence-corrected chi connectivity index (χ2v) is 12.0. The van der Waals surface area contributed by atoms with E-state index >= 15 is 0 Å². The van der Waals surface area contributed by atoms with Gasteiger partial charge in [0.05, 0.1) is 18.3 Å². The molecule has 2 saturated carbocycles. The summed E-state index contributed by atoms with van der Waals surface area (Å²) in [4.78, 5) is 29.8. The first-order valence-corrected chi connectivity index (χ1v) is 12.6. The number of hydrogen-bond donors (Lipinski definition) is 3. The Bertz CT molecular complexity index is 822. The SMILES string of the molecule is C[C@@H]1[C@@H]2[C@@H](O)[C@@H]([C@H](C)C(=O)NCc3ccccn3)CC[C@]2(C)CC[C@@H]1NC(=O)CC(C)(C)C. The van der Waals surface area contributed by atoms with E-state index in [2.05, 4.69) is 50.2 Å². The molecule has 0 aromatic carbocycles. The van der Waals surface area contributed by atoms with E-state index in [0.717, 1.165) is 31.4 Å². The van der Waals surface area contributed by atoms with Crippen molar-refractivity contribution in [3.05, 3.63) is 30.1 Å². The van der Waals surface area contributed by atoms with Gasteiger partial charge in [0.1, 0.15) is 0 Å². The fourth-order valence-electron chi connectivity index (χ4n) is 6.27. The zero-order valence-electron chi connectivity index (χ0n) is 21.2. The average Bonchev–Trinajstić information content (AvgIpc) is 2.73. The summed E-state index contributed by atoms with van der Waals surface area (Å²) in [7, 11) is 0. The molecule has 1 aromatic rings. The van der Waals surface area contributed by atoms with Crippen LogP contribution >= 0.6 is 0 Å². The molecule has 0 radical (unpaired) electrons. The predicted octanol–water partition coefficient (Wildman–Crippen LogP) is 4.08. The number of amides is 2. The molecule has 7 atom stereocenters. The second kappa shape index (κ2) is 10.1. The van der Waals surface area contributed by atoms with Crippen molar-refractivity contribution in [3.63, 3.8) is 0 Å². The second-order valence-electron chi connectivity index (χ2n) is 12.0. The molecule has 33 heavy (non-hydrogen) atoms. The minimum atomic E-state index is -0.559. The normalized spacial score (nSPS) is 33.0. The molecule has 2 aliphatic rings. The minimum Gasteiger partial charge on any atom is -0.392 e. The molecule has 0 saturated heterocycles. The van der Waals surface area contributed by atoms with Crippen LogP contribution in [0.3, 0.4) is 0 Å². The van der Waals surface area contributed by atoms with Crippen molar-refractivity contribution in [2.45, 2.75) is 92.3 Å². The summed E-state index contributed by atoms with van der Waals surface area (Å²) in [5, 5.41) is 17.8. The number of hydrogen-bond acceptors (Lipinski definition) is 4. The lowest BCUT2D eigenvalue weighted by Gasteiger charge is -2.56. The van der Waals surface area contributed by atoms with Crippen LogP contribution in [-0.2, 0) is 16.1 Å². The van der Waals surface area contributed by atoms with Crippen LogP contribution in [-0.4, -0.2) is 34.1 Å². The average molecular weight is 458 g/mol. The maximum absolute atomic E-state index is 12.9. The molecule has 3 rings (SSSR count). The Morgan fingerprint density at radius 3 is 2.58 bits per heavy atom. The third-order valence-electron chi connectivity index (χ3n) is 8.15. The van der Waals surface area contributed by atoms with Crippen LogP contribution in [0, 0.1) is 34.5 Å². The number of aliphatic hydroxyl groups excluding tert-OH is 1. The highest BCUT2D eigenvalue weighted by Gasteiger charge is 2.53. The molecule has 1 aromatic heterocycles. The van der Waals surface area contributed by atoms with Gasteiger partial charge in [0.25, 0.3) is 0 Å². The lowest BCUT2D eigenvalue weighted by atomic mass is 9.51. The van der Waals surface area contributed by atoms with Gasteiger partial charge in [0.15, 0.2) is 0 Å². The summed E-state index contributed by atoms with van der Waals surface area (Å²) >= 11 is 0. The highest BCUT2D eigenvalue weighted by atomic mass is 16.3. The first-order chi connectivity index (χ1) is 15.4. The van der Waals surface area contributed by atoms with Crippen molar-refractivity contribution in [2.75, 3.05) is 0 Å². The maximum Gasteiger partial charge on any atom is 0.223 e. The van der Waals surface area contributed by atoms with Crippen LogP contribution < -0.4 is 10.6 Å². The van der Waals surface area contributed by atoms with E-state index < -0.39 is 6.10 Å². The highest BCUT2D eigenvalue weighted by molar-refractivity contribution is 5.78. The third-order valence-corrected chi connectivity index (χ3v) is 8.15. The fraction of sp³-hybridized carbons (Fsp3) is 0.741. The standard InChI is InChI=1S/C27H43N3O3/c1-17(25(33)29-16-19-9-7-8-14-28-19)20-10-12-27(6)13-11-21(18(2)23(27)24(20)32)30-22(31)15-26(3,4)5/h7-9,14,17-18,20-21,23-24,32H,10-13,15-16H2,1-6H3,(H,29,33)(H,30,31)/t17-,18-,20+,21-,23+,24-,27+/m0/s1. The molecule has 0 bridgehead atoms. The molecule has 0 aliphatic heterocycles. The van der Waals surface area contributed by atoms with Gasteiger partial charge in [0.2, 0.25) is 11.8 Å². The summed E-state index contributed by atoms with van der Waals surface area (Å²) in [6.07, 6.45) is 5.45. The van der Waals surface area contributed by atoms with E-state index in [0.29, 0.717) is 13.0 Å². The van der Waals surface area contributed by atoms with E-state index in [1.165, 1.54) is 0 Å². The van der Waals surface area contributed by atoms with Crippen molar-refractivity contribution >= 4 is 11.8 Å². The number of carbonyl (C=O) groups is 2. The van der Waals surface area contributed by atoms with Crippen molar-refractivity contribution in [3.8, 4) is 0 Å². The van der Waals surface area contributed by atoms with Gasteiger partial charge in [0, 0.05) is 24.6 Å². The van der Waals surface area contributed by atoms with Crippen LogP contribution in [0.1, 0.15) is 79.3 Å². The molecule has 0 spiro atoms. The Kier molecular flexibility index (Phi) is 7.87. The molecule has 2 aliphatic carbocycles. The number of nitrogens with zero attached hydrogens (tertiary/aromatic N) is 1. The molecule has 2 amide bonds. The van der Waals surface area contributed by atoms with Crippen LogP contribution in [0.2, 0.25) is 0 Å². The van der Waals surface area contributed by atoms with Crippen molar-refractivity contribution in [1.29, 1.82) is 0 Å². The topological polar surface area (TPSA) is 91.3 Å². The summed E-state index contributed by atoms with van der Waals surface area (Å²) < 4.78 is 0. The fourth-order valence-corrected chi connectivity index (χ4v) is 6.27. The lowest BCUT2D eigenvalue weighted by Crippen LogP contribution is -2.58. The number of aliphatic hydroxyl groups is 1. The van der Waals surface area contributed by atoms with E-state index in [1.54, 1.807) is 6.20 Å². The zero-order chi connectivity index (χ0) is 24.4. The van der Waals surface area contributed by atoms with Gasteiger partial charge in [-0.15, -0.1) is 0 Å².